The normalized spacial score (nSPS) is 11.4. The predicted molar refractivity (Wildman–Crippen MR) is 136 cm³/mol. The number of rotatable bonds is 5. The van der Waals surface area contributed by atoms with E-state index in [2.05, 4.69) is 10.3 Å². The number of anilines is 1. The second kappa shape index (κ2) is 9.21. The van der Waals surface area contributed by atoms with Gasteiger partial charge in [-0.15, -0.1) is 0 Å². The first-order chi connectivity index (χ1) is 16.4. The monoisotopic (exact) mass is 488 g/mol. The molecule has 1 N–H and O–H groups in total. The van der Waals surface area contributed by atoms with Gasteiger partial charge in [-0.25, -0.2) is 4.98 Å². The predicted octanol–water partition coefficient (Wildman–Crippen LogP) is 8.02. The Morgan fingerprint density at radius 3 is 2.56 bits per heavy atom. The number of halogens is 2. The van der Waals surface area contributed by atoms with Gasteiger partial charge in [-0.3, -0.25) is 4.79 Å². The Hall–Kier alpha value is -3.80. The number of carbonyl (C=O) groups excluding carboxylic acids is 1. The zero-order chi connectivity index (χ0) is 23.7. The number of aromatic nitrogens is 1. The Morgan fingerprint density at radius 2 is 1.76 bits per heavy atom. The van der Waals surface area contributed by atoms with Crippen molar-refractivity contribution in [3.05, 3.63) is 100 Å². The zero-order valence-corrected chi connectivity index (χ0v) is 19.5. The van der Waals surface area contributed by atoms with Crippen LogP contribution in [0.25, 0.3) is 40.0 Å². The van der Waals surface area contributed by atoms with Gasteiger partial charge in [0.2, 0.25) is 11.8 Å². The smallest absolute Gasteiger partial charge is 0.248 e. The molecule has 5 aromatic rings. The third-order valence-corrected chi connectivity index (χ3v) is 5.71. The number of benzene rings is 3. The van der Waals surface area contributed by atoms with Crippen molar-refractivity contribution in [2.24, 2.45) is 0 Å². The second-order valence-electron chi connectivity index (χ2n) is 7.72. The number of hydrogen-bond donors (Lipinski definition) is 1. The van der Waals surface area contributed by atoms with E-state index in [0.717, 1.165) is 27.8 Å². The van der Waals surface area contributed by atoms with Gasteiger partial charge >= 0.3 is 0 Å². The van der Waals surface area contributed by atoms with Gasteiger partial charge in [0, 0.05) is 27.9 Å². The molecule has 0 saturated heterocycles. The van der Waals surface area contributed by atoms with Crippen molar-refractivity contribution in [2.75, 3.05) is 5.32 Å². The van der Waals surface area contributed by atoms with Crippen molar-refractivity contribution in [1.82, 2.24) is 4.98 Å². The largest absolute Gasteiger partial charge is 0.457 e. The van der Waals surface area contributed by atoms with Gasteiger partial charge in [-0.05, 0) is 85.3 Å². The van der Waals surface area contributed by atoms with Gasteiger partial charge in [-0.1, -0.05) is 29.3 Å². The lowest BCUT2D eigenvalue weighted by Gasteiger charge is -2.03. The molecule has 0 radical (unpaired) electrons. The topological polar surface area (TPSA) is 68.3 Å². The van der Waals surface area contributed by atoms with E-state index >= 15 is 0 Å². The van der Waals surface area contributed by atoms with Crippen molar-refractivity contribution in [3.8, 4) is 22.8 Å². The van der Waals surface area contributed by atoms with Gasteiger partial charge < -0.3 is 14.2 Å². The fourth-order valence-corrected chi connectivity index (χ4v) is 3.97. The standard InChI is InChI=1S/C27H18Cl2N2O3/c1-16-2-11-23-25(14-16)34-27(31-23)17-3-6-19(7-4-17)30-26(32)13-9-20-8-12-24(33-20)21-10-5-18(28)15-22(21)29/h2-15H,1H3,(H,30,32)/b13-9+. The number of nitrogens with zero attached hydrogens (tertiary/aromatic N) is 1. The van der Waals surface area contributed by atoms with Crippen molar-refractivity contribution in [2.45, 2.75) is 6.92 Å². The number of carbonyl (C=O) groups is 1. The highest BCUT2D eigenvalue weighted by atomic mass is 35.5. The van der Waals surface area contributed by atoms with Gasteiger partial charge in [0.15, 0.2) is 5.58 Å². The van der Waals surface area contributed by atoms with Crippen LogP contribution in [0.2, 0.25) is 10.0 Å². The number of aryl methyl sites for hydroxylation is 1. The molecule has 2 aromatic heterocycles. The summed E-state index contributed by atoms with van der Waals surface area (Å²) in [5.74, 6) is 1.37. The summed E-state index contributed by atoms with van der Waals surface area (Å²) in [7, 11) is 0. The molecule has 0 atom stereocenters. The molecule has 0 bridgehead atoms. The van der Waals surface area contributed by atoms with E-state index in [9.17, 15) is 4.79 Å². The summed E-state index contributed by atoms with van der Waals surface area (Å²) in [4.78, 5) is 16.9. The minimum atomic E-state index is -0.285. The molecule has 0 fully saturated rings. The van der Waals surface area contributed by atoms with Crippen molar-refractivity contribution in [3.63, 3.8) is 0 Å². The number of fused-ring (bicyclic) bond motifs is 1. The molecule has 3 aromatic carbocycles. The number of hydrogen-bond acceptors (Lipinski definition) is 4. The molecular formula is C27H18Cl2N2O3. The summed E-state index contributed by atoms with van der Waals surface area (Å²) in [6, 6.07) is 21.9. The van der Waals surface area contributed by atoms with E-state index in [1.807, 2.05) is 37.3 Å². The van der Waals surface area contributed by atoms with Crippen LogP contribution in [0.4, 0.5) is 5.69 Å². The van der Waals surface area contributed by atoms with E-state index in [0.29, 0.717) is 33.1 Å². The molecule has 0 unspecified atom stereocenters. The summed E-state index contributed by atoms with van der Waals surface area (Å²) in [6.45, 7) is 2.01. The molecular weight excluding hydrogens is 471 g/mol. The minimum absolute atomic E-state index is 0.285. The maximum Gasteiger partial charge on any atom is 0.248 e. The lowest BCUT2D eigenvalue weighted by atomic mass is 10.2. The Kier molecular flexibility index (Phi) is 5.97. The van der Waals surface area contributed by atoms with Gasteiger partial charge in [0.05, 0.1) is 5.02 Å². The zero-order valence-electron chi connectivity index (χ0n) is 18.0. The maximum atomic E-state index is 12.4. The van der Waals surface area contributed by atoms with E-state index in [1.165, 1.54) is 6.08 Å². The molecule has 5 nitrogen and oxygen atoms in total. The van der Waals surface area contributed by atoms with Gasteiger partial charge in [0.1, 0.15) is 17.0 Å². The average molecular weight is 489 g/mol. The number of amides is 1. The van der Waals surface area contributed by atoms with Crippen LogP contribution in [0, 0.1) is 6.92 Å². The van der Waals surface area contributed by atoms with E-state index in [1.54, 1.807) is 48.5 Å². The quantitative estimate of drug-likeness (QED) is 0.254. The molecule has 0 spiro atoms. The first kappa shape index (κ1) is 22.0. The Morgan fingerprint density at radius 1 is 0.941 bits per heavy atom. The second-order valence-corrected chi connectivity index (χ2v) is 8.56. The highest BCUT2D eigenvalue weighted by Gasteiger charge is 2.10. The SMILES string of the molecule is Cc1ccc2nc(-c3ccc(NC(=O)/C=C/c4ccc(-c5ccc(Cl)cc5Cl)o4)cc3)oc2c1. The van der Waals surface area contributed by atoms with Crippen LogP contribution >= 0.6 is 23.2 Å². The Bertz CT molecular complexity index is 1530. The van der Waals surface area contributed by atoms with E-state index in [4.69, 9.17) is 32.0 Å². The van der Waals surface area contributed by atoms with Crippen LogP contribution in [0.15, 0.2) is 87.7 Å². The third kappa shape index (κ3) is 4.76. The fraction of sp³-hybridized carbons (Fsp3) is 0.0370. The first-order valence-corrected chi connectivity index (χ1v) is 11.2. The van der Waals surface area contributed by atoms with Crippen molar-refractivity contribution in [1.29, 1.82) is 0 Å². The first-order valence-electron chi connectivity index (χ1n) is 10.5. The highest BCUT2D eigenvalue weighted by molar-refractivity contribution is 6.36. The average Bonchev–Trinajstić information content (AvgIpc) is 3.45. The lowest BCUT2D eigenvalue weighted by Crippen LogP contribution is -2.07. The number of furan rings is 1. The molecule has 5 rings (SSSR count). The van der Waals surface area contributed by atoms with Crippen molar-refractivity contribution >= 4 is 52.0 Å². The molecule has 168 valence electrons. The molecule has 7 heteroatoms. The maximum absolute atomic E-state index is 12.4. The molecule has 34 heavy (non-hydrogen) atoms. The molecule has 0 saturated carbocycles. The third-order valence-electron chi connectivity index (χ3n) is 5.17. The molecule has 2 heterocycles. The van der Waals surface area contributed by atoms with Crippen LogP contribution in [0.3, 0.4) is 0 Å². The van der Waals surface area contributed by atoms with Crippen LogP contribution in [0.1, 0.15) is 11.3 Å². The van der Waals surface area contributed by atoms with Gasteiger partial charge in [0.25, 0.3) is 0 Å². The Labute approximate surface area is 205 Å². The van der Waals surface area contributed by atoms with Gasteiger partial charge in [-0.2, -0.15) is 0 Å². The number of nitrogens with one attached hydrogen (secondary N) is 1. The summed E-state index contributed by atoms with van der Waals surface area (Å²) in [6.07, 6.45) is 3.00. The minimum Gasteiger partial charge on any atom is -0.457 e. The molecule has 0 aliphatic rings. The summed E-state index contributed by atoms with van der Waals surface area (Å²) < 4.78 is 11.6. The summed E-state index contributed by atoms with van der Waals surface area (Å²) >= 11 is 12.2. The lowest BCUT2D eigenvalue weighted by molar-refractivity contribution is -0.111. The van der Waals surface area contributed by atoms with E-state index in [-0.39, 0.29) is 5.91 Å². The van der Waals surface area contributed by atoms with Crippen LogP contribution < -0.4 is 5.32 Å². The molecule has 0 aliphatic carbocycles. The van der Waals surface area contributed by atoms with Crippen LogP contribution in [-0.2, 0) is 4.79 Å². The molecule has 0 aliphatic heterocycles. The molecule has 1 amide bonds. The summed E-state index contributed by atoms with van der Waals surface area (Å²) in [5, 5.41) is 3.87. The van der Waals surface area contributed by atoms with Crippen LogP contribution in [0.5, 0.6) is 0 Å². The van der Waals surface area contributed by atoms with Crippen molar-refractivity contribution < 1.29 is 13.6 Å². The summed E-state index contributed by atoms with van der Waals surface area (Å²) in [5.41, 5.74) is 4.87. The number of oxazole rings is 1. The Balaban J connectivity index is 1.24. The highest BCUT2D eigenvalue weighted by Crippen LogP contribution is 2.32. The fourth-order valence-electron chi connectivity index (χ4n) is 3.47. The van der Waals surface area contributed by atoms with E-state index < -0.39 is 0 Å². The van der Waals surface area contributed by atoms with Crippen LogP contribution in [-0.4, -0.2) is 10.9 Å².